The van der Waals surface area contributed by atoms with Gasteiger partial charge in [0.25, 0.3) is 5.91 Å². The molecule has 1 amide bonds. The van der Waals surface area contributed by atoms with Crippen molar-refractivity contribution in [3.63, 3.8) is 0 Å². The number of nitrogens with two attached hydrogens (primary N) is 1. The summed E-state index contributed by atoms with van der Waals surface area (Å²) in [4.78, 5) is 20.5. The molecule has 20 heavy (non-hydrogen) atoms. The second kappa shape index (κ2) is 6.41. The Kier molecular flexibility index (Phi) is 4.83. The number of halogens is 1. The lowest BCUT2D eigenvalue weighted by atomic mass is 10.1. The van der Waals surface area contributed by atoms with Crippen molar-refractivity contribution >= 4 is 23.2 Å². The SMILES string of the molecule is CC(C)CN1CCN(C(=O)c2cc(Cl)ncc2N)CC1. The summed E-state index contributed by atoms with van der Waals surface area (Å²) in [5.74, 6) is 0.586. The van der Waals surface area contributed by atoms with Crippen molar-refractivity contribution in [2.75, 3.05) is 38.5 Å². The van der Waals surface area contributed by atoms with Crippen LogP contribution >= 0.6 is 11.6 Å². The fraction of sp³-hybridized carbons (Fsp3) is 0.571. The van der Waals surface area contributed by atoms with Gasteiger partial charge in [0.15, 0.2) is 0 Å². The van der Waals surface area contributed by atoms with Crippen LogP contribution in [-0.2, 0) is 0 Å². The summed E-state index contributed by atoms with van der Waals surface area (Å²) >= 11 is 5.83. The van der Waals surface area contributed by atoms with Crippen molar-refractivity contribution in [1.29, 1.82) is 0 Å². The topological polar surface area (TPSA) is 62.5 Å². The number of carbonyl (C=O) groups is 1. The minimum Gasteiger partial charge on any atom is -0.397 e. The first-order valence-corrected chi connectivity index (χ1v) is 7.28. The van der Waals surface area contributed by atoms with Gasteiger partial charge in [-0.15, -0.1) is 0 Å². The van der Waals surface area contributed by atoms with E-state index in [4.69, 9.17) is 17.3 Å². The molecule has 2 N–H and O–H groups in total. The summed E-state index contributed by atoms with van der Waals surface area (Å²) in [7, 11) is 0. The van der Waals surface area contributed by atoms with Crippen molar-refractivity contribution in [3.8, 4) is 0 Å². The molecule has 0 bridgehead atoms. The van der Waals surface area contributed by atoms with E-state index in [0.717, 1.165) is 32.7 Å². The second-order valence-corrected chi connectivity index (χ2v) is 5.97. The zero-order chi connectivity index (χ0) is 14.7. The molecule has 0 aromatic carbocycles. The smallest absolute Gasteiger partial charge is 0.256 e. The highest BCUT2D eigenvalue weighted by Crippen LogP contribution is 2.18. The summed E-state index contributed by atoms with van der Waals surface area (Å²) in [6, 6.07) is 1.54. The van der Waals surface area contributed by atoms with Gasteiger partial charge in [-0.1, -0.05) is 25.4 Å². The van der Waals surface area contributed by atoms with Crippen LogP contribution in [0.4, 0.5) is 5.69 Å². The molecule has 1 aliphatic heterocycles. The highest BCUT2D eigenvalue weighted by Gasteiger charge is 2.23. The Hall–Kier alpha value is -1.33. The number of amides is 1. The molecule has 110 valence electrons. The number of nitrogen functional groups attached to an aromatic ring is 1. The van der Waals surface area contributed by atoms with Gasteiger partial charge in [-0.05, 0) is 12.0 Å². The molecule has 0 unspecified atom stereocenters. The van der Waals surface area contributed by atoms with Crippen molar-refractivity contribution in [1.82, 2.24) is 14.8 Å². The van der Waals surface area contributed by atoms with Crippen LogP contribution in [0.1, 0.15) is 24.2 Å². The highest BCUT2D eigenvalue weighted by atomic mass is 35.5. The van der Waals surface area contributed by atoms with Crippen LogP contribution in [0.25, 0.3) is 0 Å². The van der Waals surface area contributed by atoms with E-state index in [0.29, 0.717) is 22.3 Å². The van der Waals surface area contributed by atoms with Crippen molar-refractivity contribution in [3.05, 3.63) is 23.0 Å². The Labute approximate surface area is 124 Å². The monoisotopic (exact) mass is 296 g/mol. The maximum absolute atomic E-state index is 12.4. The standard InChI is InChI=1S/C14H21ClN4O/c1-10(2)9-18-3-5-19(6-4-18)14(20)11-7-13(15)17-8-12(11)16/h7-8,10H,3-6,9,16H2,1-2H3. The maximum Gasteiger partial charge on any atom is 0.256 e. The Morgan fingerprint density at radius 2 is 2.05 bits per heavy atom. The summed E-state index contributed by atoms with van der Waals surface area (Å²) in [6.45, 7) is 8.75. The molecule has 2 rings (SSSR count). The number of nitrogens with zero attached hydrogens (tertiary/aromatic N) is 3. The molecular weight excluding hydrogens is 276 g/mol. The van der Waals surface area contributed by atoms with Crippen LogP contribution in [0, 0.1) is 5.92 Å². The third-order valence-corrected chi connectivity index (χ3v) is 3.62. The van der Waals surface area contributed by atoms with E-state index in [2.05, 4.69) is 23.7 Å². The van der Waals surface area contributed by atoms with E-state index in [1.54, 1.807) is 6.07 Å². The van der Waals surface area contributed by atoms with Crippen molar-refractivity contribution < 1.29 is 4.79 Å². The van der Waals surface area contributed by atoms with E-state index >= 15 is 0 Å². The lowest BCUT2D eigenvalue weighted by Gasteiger charge is -2.35. The zero-order valence-corrected chi connectivity index (χ0v) is 12.7. The van der Waals surface area contributed by atoms with Gasteiger partial charge in [0.1, 0.15) is 5.15 Å². The van der Waals surface area contributed by atoms with E-state index in [1.807, 2.05) is 4.90 Å². The molecule has 1 aromatic rings. The van der Waals surface area contributed by atoms with Gasteiger partial charge in [0, 0.05) is 32.7 Å². The van der Waals surface area contributed by atoms with Crippen LogP contribution in [-0.4, -0.2) is 53.4 Å². The Bertz CT molecular complexity index is 484. The van der Waals surface area contributed by atoms with Gasteiger partial charge >= 0.3 is 0 Å². The first-order valence-electron chi connectivity index (χ1n) is 6.90. The van der Waals surface area contributed by atoms with Crippen molar-refractivity contribution in [2.24, 2.45) is 5.92 Å². The average Bonchev–Trinajstić information content (AvgIpc) is 2.41. The predicted octanol–water partition coefficient (Wildman–Crippen LogP) is 1.73. The van der Waals surface area contributed by atoms with Gasteiger partial charge in [-0.3, -0.25) is 9.69 Å². The Morgan fingerprint density at radius 3 is 2.65 bits per heavy atom. The Morgan fingerprint density at radius 1 is 1.40 bits per heavy atom. The molecule has 1 aliphatic rings. The number of hydrogen-bond donors (Lipinski definition) is 1. The number of carbonyl (C=O) groups excluding carboxylic acids is 1. The molecule has 0 atom stereocenters. The fourth-order valence-corrected chi connectivity index (χ4v) is 2.60. The number of pyridine rings is 1. The van der Waals surface area contributed by atoms with Gasteiger partial charge in [-0.25, -0.2) is 4.98 Å². The highest BCUT2D eigenvalue weighted by molar-refractivity contribution is 6.29. The summed E-state index contributed by atoms with van der Waals surface area (Å²) in [5.41, 5.74) is 6.64. The molecular formula is C14H21ClN4O. The molecule has 0 aliphatic carbocycles. The molecule has 1 fully saturated rings. The molecule has 1 saturated heterocycles. The number of anilines is 1. The number of rotatable bonds is 3. The van der Waals surface area contributed by atoms with E-state index in [-0.39, 0.29) is 5.91 Å². The van der Waals surface area contributed by atoms with Crippen molar-refractivity contribution in [2.45, 2.75) is 13.8 Å². The minimum atomic E-state index is -0.0593. The first kappa shape index (κ1) is 15.1. The largest absolute Gasteiger partial charge is 0.397 e. The normalized spacial score (nSPS) is 16.7. The molecule has 6 heteroatoms. The predicted molar refractivity (Wildman–Crippen MR) is 80.8 cm³/mol. The van der Waals surface area contributed by atoms with E-state index < -0.39 is 0 Å². The number of hydrogen-bond acceptors (Lipinski definition) is 4. The third-order valence-electron chi connectivity index (χ3n) is 3.41. The summed E-state index contributed by atoms with van der Waals surface area (Å²) < 4.78 is 0. The summed E-state index contributed by atoms with van der Waals surface area (Å²) in [6.07, 6.45) is 1.44. The molecule has 0 spiro atoms. The lowest BCUT2D eigenvalue weighted by molar-refractivity contribution is 0.0624. The minimum absolute atomic E-state index is 0.0593. The number of aromatic nitrogens is 1. The van der Waals surface area contributed by atoms with Gasteiger partial charge < -0.3 is 10.6 Å². The van der Waals surface area contributed by atoms with E-state index in [9.17, 15) is 4.79 Å². The average molecular weight is 297 g/mol. The third kappa shape index (κ3) is 3.61. The van der Waals surface area contributed by atoms with Gasteiger partial charge in [0.2, 0.25) is 0 Å². The maximum atomic E-state index is 12.4. The number of piperazine rings is 1. The second-order valence-electron chi connectivity index (χ2n) is 5.58. The summed E-state index contributed by atoms with van der Waals surface area (Å²) in [5, 5.41) is 0.293. The lowest BCUT2D eigenvalue weighted by Crippen LogP contribution is -2.49. The van der Waals surface area contributed by atoms with Gasteiger partial charge in [0.05, 0.1) is 17.4 Å². The quantitative estimate of drug-likeness (QED) is 0.863. The van der Waals surface area contributed by atoms with Crippen LogP contribution in [0.3, 0.4) is 0 Å². The molecule has 0 radical (unpaired) electrons. The zero-order valence-electron chi connectivity index (χ0n) is 12.0. The van der Waals surface area contributed by atoms with E-state index in [1.165, 1.54) is 6.20 Å². The van der Waals surface area contributed by atoms with Crippen LogP contribution in [0.5, 0.6) is 0 Å². The molecule has 5 nitrogen and oxygen atoms in total. The molecule has 2 heterocycles. The molecule has 0 saturated carbocycles. The van der Waals surface area contributed by atoms with Crippen LogP contribution in [0.2, 0.25) is 5.15 Å². The first-order chi connectivity index (χ1) is 9.47. The Balaban J connectivity index is 2.00. The molecule has 1 aromatic heterocycles. The van der Waals surface area contributed by atoms with Gasteiger partial charge in [-0.2, -0.15) is 0 Å². The fourth-order valence-electron chi connectivity index (χ4n) is 2.45. The van der Waals surface area contributed by atoms with Crippen LogP contribution in [0.15, 0.2) is 12.3 Å². The van der Waals surface area contributed by atoms with Crippen LogP contribution < -0.4 is 5.73 Å².